The lowest BCUT2D eigenvalue weighted by molar-refractivity contribution is -0.129. The molecular formula is C20H27NO5. The number of rotatable bonds is 8. The zero-order valence-electron chi connectivity index (χ0n) is 15.7. The summed E-state index contributed by atoms with van der Waals surface area (Å²) >= 11 is 0. The number of carbonyl (C=O) groups excluding carboxylic acids is 2. The highest BCUT2D eigenvalue weighted by Crippen LogP contribution is 2.25. The standard InChI is InChI=1S/C20H27NO5/c1-14(19(22)21-12-11-15-7-5-4-6-8-15)26-20(23)17-13-16(24-2)9-10-18(17)25-3/h7,9-10,13-14H,4-6,8,11-12H2,1-3H3,(H,21,22)/t14-/m0/s1. The topological polar surface area (TPSA) is 73.9 Å². The third kappa shape index (κ3) is 5.51. The number of amides is 1. The predicted octanol–water partition coefficient (Wildman–Crippen LogP) is 3.26. The largest absolute Gasteiger partial charge is 0.497 e. The van der Waals surface area contributed by atoms with E-state index in [4.69, 9.17) is 14.2 Å². The van der Waals surface area contributed by atoms with Crippen molar-refractivity contribution in [3.05, 3.63) is 35.4 Å². The lowest BCUT2D eigenvalue weighted by Gasteiger charge is -2.16. The fraction of sp³-hybridized carbons (Fsp3) is 0.500. The second kappa shape index (κ2) is 9.85. The minimum Gasteiger partial charge on any atom is -0.497 e. The maximum atomic E-state index is 12.4. The molecule has 6 heteroatoms. The van der Waals surface area contributed by atoms with Gasteiger partial charge in [0.2, 0.25) is 0 Å². The fourth-order valence-corrected chi connectivity index (χ4v) is 2.87. The Morgan fingerprint density at radius 2 is 2.00 bits per heavy atom. The summed E-state index contributed by atoms with van der Waals surface area (Å²) in [6.07, 6.45) is 6.91. The van der Waals surface area contributed by atoms with Crippen LogP contribution in [-0.2, 0) is 9.53 Å². The van der Waals surface area contributed by atoms with Gasteiger partial charge in [0.05, 0.1) is 14.2 Å². The molecule has 0 aromatic heterocycles. The zero-order chi connectivity index (χ0) is 18.9. The highest BCUT2D eigenvalue weighted by Gasteiger charge is 2.22. The molecule has 1 aliphatic rings. The Balaban J connectivity index is 1.87. The van der Waals surface area contributed by atoms with Crippen molar-refractivity contribution in [1.29, 1.82) is 0 Å². The third-order valence-corrected chi connectivity index (χ3v) is 4.41. The molecule has 1 aromatic carbocycles. The van der Waals surface area contributed by atoms with E-state index in [-0.39, 0.29) is 11.5 Å². The quantitative estimate of drug-likeness (QED) is 0.568. The van der Waals surface area contributed by atoms with E-state index in [1.807, 2.05) is 0 Å². The molecule has 6 nitrogen and oxygen atoms in total. The van der Waals surface area contributed by atoms with Gasteiger partial charge in [0.1, 0.15) is 17.1 Å². The molecule has 1 N–H and O–H groups in total. The molecule has 0 saturated carbocycles. The molecule has 0 bridgehead atoms. The van der Waals surface area contributed by atoms with Gasteiger partial charge in [-0.25, -0.2) is 4.79 Å². The van der Waals surface area contributed by atoms with Gasteiger partial charge >= 0.3 is 5.97 Å². The highest BCUT2D eigenvalue weighted by atomic mass is 16.5. The van der Waals surface area contributed by atoms with E-state index in [1.165, 1.54) is 38.7 Å². The van der Waals surface area contributed by atoms with Gasteiger partial charge < -0.3 is 19.5 Å². The Bertz CT molecular complexity index is 668. The van der Waals surface area contributed by atoms with Gasteiger partial charge in [-0.05, 0) is 57.2 Å². The average molecular weight is 361 g/mol. The van der Waals surface area contributed by atoms with Crippen molar-refractivity contribution in [3.63, 3.8) is 0 Å². The molecule has 0 aliphatic heterocycles. The van der Waals surface area contributed by atoms with Crippen molar-refractivity contribution < 1.29 is 23.8 Å². The smallest absolute Gasteiger partial charge is 0.342 e. The summed E-state index contributed by atoms with van der Waals surface area (Å²) in [5.41, 5.74) is 1.61. The molecule has 0 unspecified atom stereocenters. The first-order chi connectivity index (χ1) is 12.5. The second-order valence-electron chi connectivity index (χ2n) is 6.26. The first-order valence-electron chi connectivity index (χ1n) is 8.93. The third-order valence-electron chi connectivity index (χ3n) is 4.41. The Hall–Kier alpha value is -2.50. The summed E-state index contributed by atoms with van der Waals surface area (Å²) in [6, 6.07) is 4.84. The van der Waals surface area contributed by atoms with Crippen molar-refractivity contribution in [2.24, 2.45) is 0 Å². The lowest BCUT2D eigenvalue weighted by Crippen LogP contribution is -2.36. The number of hydrogen-bond acceptors (Lipinski definition) is 5. The van der Waals surface area contributed by atoms with Crippen LogP contribution in [-0.4, -0.2) is 38.7 Å². The highest BCUT2D eigenvalue weighted by molar-refractivity contribution is 5.95. The number of allylic oxidation sites excluding steroid dienone is 1. The van der Waals surface area contributed by atoms with Crippen molar-refractivity contribution in [3.8, 4) is 11.5 Å². The van der Waals surface area contributed by atoms with Gasteiger partial charge in [-0.1, -0.05) is 11.6 Å². The van der Waals surface area contributed by atoms with Crippen LogP contribution in [0.3, 0.4) is 0 Å². The van der Waals surface area contributed by atoms with E-state index in [0.717, 1.165) is 19.3 Å². The van der Waals surface area contributed by atoms with Crippen LogP contribution >= 0.6 is 0 Å². The van der Waals surface area contributed by atoms with Gasteiger partial charge in [-0.15, -0.1) is 0 Å². The molecule has 1 aliphatic carbocycles. The summed E-state index contributed by atoms with van der Waals surface area (Å²) in [5.74, 6) is -0.0572. The molecule has 1 aromatic rings. The van der Waals surface area contributed by atoms with E-state index in [2.05, 4.69) is 11.4 Å². The van der Waals surface area contributed by atoms with Crippen LogP contribution in [0.15, 0.2) is 29.8 Å². The SMILES string of the molecule is COc1ccc(OC)c(C(=O)O[C@@H](C)C(=O)NCCC2=CCCCC2)c1. The lowest BCUT2D eigenvalue weighted by atomic mass is 9.97. The number of carbonyl (C=O) groups is 2. The van der Waals surface area contributed by atoms with Crippen LogP contribution in [0.25, 0.3) is 0 Å². The average Bonchev–Trinajstić information content (AvgIpc) is 2.68. The van der Waals surface area contributed by atoms with E-state index in [1.54, 1.807) is 19.1 Å². The Labute approximate surface area is 154 Å². The van der Waals surface area contributed by atoms with Crippen LogP contribution in [0.5, 0.6) is 11.5 Å². The first-order valence-corrected chi connectivity index (χ1v) is 8.93. The number of hydrogen-bond donors (Lipinski definition) is 1. The van der Waals surface area contributed by atoms with Crippen LogP contribution in [0.1, 0.15) is 49.4 Å². The molecule has 0 radical (unpaired) electrons. The zero-order valence-corrected chi connectivity index (χ0v) is 15.7. The van der Waals surface area contributed by atoms with Crippen LogP contribution in [0.4, 0.5) is 0 Å². The van der Waals surface area contributed by atoms with Crippen molar-refractivity contribution in [2.45, 2.75) is 45.1 Å². The van der Waals surface area contributed by atoms with Crippen molar-refractivity contribution >= 4 is 11.9 Å². The molecule has 2 rings (SSSR count). The number of benzene rings is 1. The molecule has 1 amide bonds. The van der Waals surface area contributed by atoms with Gasteiger partial charge in [-0.2, -0.15) is 0 Å². The summed E-state index contributed by atoms with van der Waals surface area (Å²) < 4.78 is 15.6. The number of esters is 1. The van der Waals surface area contributed by atoms with Crippen molar-refractivity contribution in [1.82, 2.24) is 5.32 Å². The molecule has 26 heavy (non-hydrogen) atoms. The molecule has 0 saturated heterocycles. The summed E-state index contributed by atoms with van der Waals surface area (Å²) in [5, 5.41) is 2.82. The second-order valence-corrected chi connectivity index (χ2v) is 6.26. The van der Waals surface area contributed by atoms with Gasteiger partial charge in [0.25, 0.3) is 5.91 Å². The van der Waals surface area contributed by atoms with E-state index >= 15 is 0 Å². The number of nitrogens with one attached hydrogen (secondary N) is 1. The Morgan fingerprint density at radius 1 is 1.19 bits per heavy atom. The summed E-state index contributed by atoms with van der Waals surface area (Å²) in [6.45, 7) is 2.11. The number of ether oxygens (including phenoxy) is 3. The predicted molar refractivity (Wildman–Crippen MR) is 98.6 cm³/mol. The van der Waals surface area contributed by atoms with Crippen LogP contribution in [0.2, 0.25) is 0 Å². The molecule has 142 valence electrons. The Morgan fingerprint density at radius 3 is 2.65 bits per heavy atom. The Kier molecular flexibility index (Phi) is 7.51. The van der Waals surface area contributed by atoms with Gasteiger partial charge in [0, 0.05) is 6.54 Å². The molecular weight excluding hydrogens is 334 g/mol. The van der Waals surface area contributed by atoms with E-state index in [0.29, 0.717) is 18.0 Å². The molecule has 0 fully saturated rings. The maximum absolute atomic E-state index is 12.4. The van der Waals surface area contributed by atoms with Gasteiger partial charge in [-0.3, -0.25) is 4.79 Å². The molecule has 0 heterocycles. The minimum atomic E-state index is -0.890. The van der Waals surface area contributed by atoms with E-state index < -0.39 is 12.1 Å². The monoisotopic (exact) mass is 361 g/mol. The van der Waals surface area contributed by atoms with Crippen LogP contribution in [0, 0.1) is 0 Å². The minimum absolute atomic E-state index is 0.221. The summed E-state index contributed by atoms with van der Waals surface area (Å²) in [7, 11) is 2.98. The van der Waals surface area contributed by atoms with E-state index in [9.17, 15) is 9.59 Å². The molecule has 1 atom stereocenters. The van der Waals surface area contributed by atoms with Crippen LogP contribution < -0.4 is 14.8 Å². The normalized spacial score (nSPS) is 14.8. The summed E-state index contributed by atoms with van der Waals surface area (Å²) in [4.78, 5) is 24.5. The maximum Gasteiger partial charge on any atom is 0.342 e. The first kappa shape index (κ1) is 19.8. The van der Waals surface area contributed by atoms with Gasteiger partial charge in [0.15, 0.2) is 6.10 Å². The van der Waals surface area contributed by atoms with Crippen molar-refractivity contribution in [2.75, 3.05) is 20.8 Å². The fourth-order valence-electron chi connectivity index (χ4n) is 2.87. The molecule has 0 spiro atoms. The number of methoxy groups -OCH3 is 2.